The molecule has 0 spiro atoms. The summed E-state index contributed by atoms with van der Waals surface area (Å²) in [5, 5.41) is 1.16. The zero-order chi connectivity index (χ0) is 16.6. The Kier molecular flexibility index (Phi) is 4.00. The van der Waals surface area contributed by atoms with Gasteiger partial charge in [0.1, 0.15) is 5.82 Å². The zero-order valence-electron chi connectivity index (χ0n) is 14.3. The Morgan fingerprint density at radius 2 is 2.09 bits per heavy atom. The summed E-state index contributed by atoms with van der Waals surface area (Å²) in [5.41, 5.74) is 2.11. The first-order chi connectivity index (χ1) is 10.9. The number of nitrogens with zero attached hydrogens (tertiary/aromatic N) is 2. The van der Waals surface area contributed by atoms with E-state index in [1.54, 1.807) is 0 Å². The number of aromatic nitrogens is 1. The van der Waals surface area contributed by atoms with E-state index in [0.717, 1.165) is 36.2 Å². The highest BCUT2D eigenvalue weighted by Crippen LogP contribution is 2.37. The van der Waals surface area contributed by atoms with Gasteiger partial charge >= 0.3 is 5.97 Å². The lowest BCUT2D eigenvalue weighted by Crippen LogP contribution is -2.49. The molecule has 2 heterocycles. The summed E-state index contributed by atoms with van der Waals surface area (Å²) < 4.78 is 4.97. The molecule has 1 atom stereocenters. The maximum Gasteiger partial charge on any atom is 0.309 e. The maximum atomic E-state index is 12.0. The van der Waals surface area contributed by atoms with Crippen molar-refractivity contribution in [3.05, 3.63) is 35.9 Å². The number of hydrogen-bond acceptors (Lipinski definition) is 4. The largest absolute Gasteiger partial charge is 0.469 e. The van der Waals surface area contributed by atoms with Gasteiger partial charge in [0, 0.05) is 18.5 Å². The normalized spacial score (nSPS) is 20.5. The first kappa shape index (κ1) is 15.8. The fraction of sp³-hybridized carbons (Fsp3) is 0.474. The Bertz CT molecular complexity index is 739. The van der Waals surface area contributed by atoms with Gasteiger partial charge in [-0.1, -0.05) is 32.0 Å². The van der Waals surface area contributed by atoms with E-state index in [0.29, 0.717) is 0 Å². The number of para-hydroxylation sites is 1. The van der Waals surface area contributed by atoms with Crippen LogP contribution in [-0.4, -0.2) is 31.2 Å². The molecule has 0 aliphatic carbocycles. The van der Waals surface area contributed by atoms with E-state index >= 15 is 0 Å². The van der Waals surface area contributed by atoms with Crippen molar-refractivity contribution in [3.8, 4) is 0 Å². The van der Waals surface area contributed by atoms with Gasteiger partial charge in [-0.2, -0.15) is 0 Å². The van der Waals surface area contributed by atoms with Crippen LogP contribution in [0.4, 0.5) is 5.82 Å². The second-order valence-corrected chi connectivity index (χ2v) is 7.09. The van der Waals surface area contributed by atoms with Crippen molar-refractivity contribution in [2.45, 2.75) is 27.2 Å². The predicted molar refractivity (Wildman–Crippen MR) is 92.6 cm³/mol. The number of rotatable bonds is 2. The molecule has 1 aromatic carbocycles. The molecule has 0 radical (unpaired) electrons. The number of benzene rings is 1. The smallest absolute Gasteiger partial charge is 0.309 e. The molecule has 122 valence electrons. The number of esters is 1. The number of fused-ring (bicyclic) bond motifs is 1. The van der Waals surface area contributed by atoms with Gasteiger partial charge in [-0.25, -0.2) is 4.98 Å². The van der Waals surface area contributed by atoms with Crippen molar-refractivity contribution < 1.29 is 9.53 Å². The molecule has 0 saturated carbocycles. The quantitative estimate of drug-likeness (QED) is 0.795. The third kappa shape index (κ3) is 2.90. The molecule has 2 aromatic rings. The Morgan fingerprint density at radius 1 is 1.30 bits per heavy atom. The maximum absolute atomic E-state index is 12.0. The van der Waals surface area contributed by atoms with Crippen molar-refractivity contribution in [1.29, 1.82) is 0 Å². The second-order valence-electron chi connectivity index (χ2n) is 7.09. The Hall–Kier alpha value is -2.10. The van der Waals surface area contributed by atoms with Crippen LogP contribution in [0.15, 0.2) is 30.3 Å². The Morgan fingerprint density at radius 3 is 2.78 bits per heavy atom. The van der Waals surface area contributed by atoms with Gasteiger partial charge in [-0.05, 0) is 36.5 Å². The molecule has 3 rings (SSSR count). The van der Waals surface area contributed by atoms with Gasteiger partial charge in [-0.15, -0.1) is 0 Å². The van der Waals surface area contributed by atoms with Gasteiger partial charge in [0.2, 0.25) is 0 Å². The molecule has 1 aromatic heterocycles. The average molecular weight is 312 g/mol. The topological polar surface area (TPSA) is 42.4 Å². The van der Waals surface area contributed by atoms with E-state index < -0.39 is 0 Å². The van der Waals surface area contributed by atoms with E-state index in [1.165, 1.54) is 12.7 Å². The number of aryl methyl sites for hydroxylation is 1. The molecular formula is C19H24N2O2. The van der Waals surface area contributed by atoms with Gasteiger partial charge < -0.3 is 9.64 Å². The third-order valence-electron chi connectivity index (χ3n) is 4.95. The summed E-state index contributed by atoms with van der Waals surface area (Å²) in [5.74, 6) is 0.839. The first-order valence-electron chi connectivity index (χ1n) is 8.11. The highest BCUT2D eigenvalue weighted by molar-refractivity contribution is 5.83. The van der Waals surface area contributed by atoms with Crippen molar-refractivity contribution in [2.24, 2.45) is 11.3 Å². The minimum Gasteiger partial charge on any atom is -0.469 e. The number of methoxy groups -OCH3 is 1. The van der Waals surface area contributed by atoms with E-state index in [9.17, 15) is 4.79 Å². The second kappa shape index (κ2) is 5.84. The highest BCUT2D eigenvalue weighted by Gasteiger charge is 2.41. The molecule has 1 fully saturated rings. The van der Waals surface area contributed by atoms with Crippen LogP contribution in [0, 0.1) is 18.3 Å². The Labute approximate surface area is 137 Å². The number of piperidine rings is 1. The lowest BCUT2D eigenvalue weighted by Gasteiger charge is -2.43. The number of pyridine rings is 1. The van der Waals surface area contributed by atoms with E-state index in [2.05, 4.69) is 56.0 Å². The number of carbonyl (C=O) groups excluding carboxylic acids is 1. The Balaban J connectivity index is 1.89. The van der Waals surface area contributed by atoms with Crippen LogP contribution in [0.3, 0.4) is 0 Å². The lowest BCUT2D eigenvalue weighted by atomic mass is 9.74. The van der Waals surface area contributed by atoms with Crippen LogP contribution < -0.4 is 4.90 Å². The first-order valence-corrected chi connectivity index (χ1v) is 8.11. The minimum absolute atomic E-state index is 0.0501. The SMILES string of the molecule is COC(=O)[C@H]1CCN(c2ccc3cccc(C)c3n2)CC1(C)C. The molecule has 4 heteroatoms. The molecule has 23 heavy (non-hydrogen) atoms. The van der Waals surface area contributed by atoms with Crippen LogP contribution >= 0.6 is 0 Å². The fourth-order valence-corrected chi connectivity index (χ4v) is 3.59. The summed E-state index contributed by atoms with van der Waals surface area (Å²) in [6.07, 6.45) is 0.799. The van der Waals surface area contributed by atoms with Gasteiger partial charge in [0.15, 0.2) is 0 Å². The highest BCUT2D eigenvalue weighted by atomic mass is 16.5. The van der Waals surface area contributed by atoms with Gasteiger partial charge in [0.05, 0.1) is 18.5 Å². The number of carbonyl (C=O) groups is 1. The van der Waals surface area contributed by atoms with Gasteiger partial charge in [-0.3, -0.25) is 4.79 Å². The van der Waals surface area contributed by atoms with E-state index in [-0.39, 0.29) is 17.3 Å². The standard InChI is InChI=1S/C19H24N2O2/c1-13-6-5-7-14-8-9-16(20-17(13)14)21-11-10-15(18(22)23-4)19(2,3)12-21/h5-9,15H,10-12H2,1-4H3/t15-/m1/s1. The number of anilines is 1. The predicted octanol–water partition coefficient (Wildman–Crippen LogP) is 3.57. The molecule has 1 aliphatic heterocycles. The molecule has 0 unspecified atom stereocenters. The summed E-state index contributed by atoms with van der Waals surface area (Å²) in [6, 6.07) is 10.4. The minimum atomic E-state index is -0.131. The third-order valence-corrected chi connectivity index (χ3v) is 4.95. The molecule has 1 aliphatic rings. The van der Waals surface area contributed by atoms with Crippen molar-refractivity contribution in [3.63, 3.8) is 0 Å². The zero-order valence-corrected chi connectivity index (χ0v) is 14.3. The average Bonchev–Trinajstić information content (AvgIpc) is 2.53. The van der Waals surface area contributed by atoms with Crippen LogP contribution in [-0.2, 0) is 9.53 Å². The summed E-state index contributed by atoms with van der Waals surface area (Å²) in [7, 11) is 1.47. The van der Waals surface area contributed by atoms with Crippen molar-refractivity contribution >= 4 is 22.7 Å². The fourth-order valence-electron chi connectivity index (χ4n) is 3.59. The number of hydrogen-bond donors (Lipinski definition) is 0. The van der Waals surface area contributed by atoms with Crippen molar-refractivity contribution in [1.82, 2.24) is 4.98 Å². The van der Waals surface area contributed by atoms with Crippen LogP contribution in [0.25, 0.3) is 10.9 Å². The monoisotopic (exact) mass is 312 g/mol. The van der Waals surface area contributed by atoms with E-state index in [4.69, 9.17) is 9.72 Å². The van der Waals surface area contributed by atoms with Crippen LogP contribution in [0.2, 0.25) is 0 Å². The van der Waals surface area contributed by atoms with Crippen molar-refractivity contribution in [2.75, 3.05) is 25.1 Å². The number of ether oxygens (including phenoxy) is 1. The summed E-state index contributed by atoms with van der Waals surface area (Å²) in [4.78, 5) is 19.1. The molecule has 0 amide bonds. The van der Waals surface area contributed by atoms with Crippen LogP contribution in [0.5, 0.6) is 0 Å². The molecule has 4 nitrogen and oxygen atoms in total. The van der Waals surface area contributed by atoms with Gasteiger partial charge in [0.25, 0.3) is 0 Å². The van der Waals surface area contributed by atoms with Crippen LogP contribution in [0.1, 0.15) is 25.8 Å². The summed E-state index contributed by atoms with van der Waals surface area (Å²) in [6.45, 7) is 7.98. The molecule has 0 bridgehead atoms. The molecule has 0 N–H and O–H groups in total. The lowest BCUT2D eigenvalue weighted by molar-refractivity contribution is -0.150. The van der Waals surface area contributed by atoms with E-state index in [1.807, 2.05) is 0 Å². The molecule has 1 saturated heterocycles. The molecular weight excluding hydrogens is 288 g/mol. The summed E-state index contributed by atoms with van der Waals surface area (Å²) >= 11 is 0.